The fraction of sp³-hybridized carbons (Fsp3) is 0.269. The normalized spacial score (nSPS) is 16.9. The van der Waals surface area contributed by atoms with Crippen LogP contribution in [0.25, 0.3) is 0 Å². The predicted molar refractivity (Wildman–Crippen MR) is 132 cm³/mol. The second kappa shape index (κ2) is 9.58. The van der Waals surface area contributed by atoms with Gasteiger partial charge in [0.2, 0.25) is 0 Å². The molecule has 0 saturated carbocycles. The monoisotopic (exact) mass is 493 g/mol. The lowest BCUT2D eigenvalue weighted by atomic mass is 9.76. The van der Waals surface area contributed by atoms with Crippen LogP contribution in [-0.4, -0.2) is 30.0 Å². The number of Topliss-reactive ketones (excluding diaryl/α,β-unsaturated/α-hetero) is 1. The minimum Gasteiger partial charge on any atom is -0.497 e. The summed E-state index contributed by atoms with van der Waals surface area (Å²) in [4.78, 5) is 34.1. The van der Waals surface area contributed by atoms with Crippen LogP contribution in [0.4, 0.5) is 10.2 Å². The standard InChI is InChI=1S/C26H24FN3O4S/c1-33-15-10-11-20(34-2)16(12-15)21-22-18(8-5-9-19(22)31)28-24-23(21)25(32)30-26(29-24)35-13-14-6-3-4-7-17(14)27/h3-4,6-7,10-12,21H,5,8-9,13H2,1-2H3,(H2,28,29,30,32). The number of H-pyrrole nitrogens is 1. The minimum atomic E-state index is -0.652. The van der Waals surface area contributed by atoms with Crippen molar-refractivity contribution in [1.82, 2.24) is 9.97 Å². The number of methoxy groups -OCH3 is 2. The SMILES string of the molecule is COc1ccc(OC)c(C2C3=C(CCCC3=O)Nc3nc(SCc4ccccc4F)[nH]c(=O)c32)c1. The number of ether oxygens (including phenoxy) is 2. The number of allylic oxidation sites excluding steroid dienone is 2. The molecule has 7 nitrogen and oxygen atoms in total. The summed E-state index contributed by atoms with van der Waals surface area (Å²) in [6.07, 6.45) is 1.82. The number of hydrogen-bond donors (Lipinski definition) is 2. The van der Waals surface area contributed by atoms with Gasteiger partial charge in [-0.15, -0.1) is 0 Å². The van der Waals surface area contributed by atoms with E-state index in [1.165, 1.54) is 17.8 Å². The van der Waals surface area contributed by atoms with Crippen molar-refractivity contribution in [1.29, 1.82) is 0 Å². The lowest BCUT2D eigenvalue weighted by Crippen LogP contribution is -2.33. The highest BCUT2D eigenvalue weighted by Gasteiger charge is 2.39. The molecular formula is C26H24FN3O4S. The maximum Gasteiger partial charge on any atom is 0.257 e. The van der Waals surface area contributed by atoms with E-state index in [9.17, 15) is 14.0 Å². The molecule has 1 aromatic heterocycles. The molecule has 0 spiro atoms. The molecule has 180 valence electrons. The molecule has 0 fully saturated rings. The number of thioether (sulfide) groups is 1. The second-order valence-electron chi connectivity index (χ2n) is 8.35. The quantitative estimate of drug-likeness (QED) is 0.377. The van der Waals surface area contributed by atoms with E-state index in [2.05, 4.69) is 15.3 Å². The van der Waals surface area contributed by atoms with Gasteiger partial charge in [-0.3, -0.25) is 9.59 Å². The first-order valence-corrected chi connectivity index (χ1v) is 12.2. The van der Waals surface area contributed by atoms with E-state index in [1.807, 2.05) is 0 Å². The zero-order valence-electron chi connectivity index (χ0n) is 19.3. The van der Waals surface area contributed by atoms with Gasteiger partial charge in [0.15, 0.2) is 10.9 Å². The second-order valence-corrected chi connectivity index (χ2v) is 9.31. The Bertz CT molecular complexity index is 1400. The molecule has 9 heteroatoms. The largest absolute Gasteiger partial charge is 0.497 e. The Morgan fingerprint density at radius 2 is 1.94 bits per heavy atom. The van der Waals surface area contributed by atoms with Gasteiger partial charge in [0.05, 0.1) is 25.7 Å². The van der Waals surface area contributed by atoms with E-state index in [4.69, 9.17) is 9.47 Å². The van der Waals surface area contributed by atoms with Gasteiger partial charge in [0, 0.05) is 29.0 Å². The third-order valence-corrected chi connectivity index (χ3v) is 7.23. The average molecular weight is 494 g/mol. The molecule has 3 aromatic rings. The summed E-state index contributed by atoms with van der Waals surface area (Å²) in [5.41, 5.74) is 2.50. The first kappa shape index (κ1) is 23.2. The highest BCUT2D eigenvalue weighted by molar-refractivity contribution is 7.98. The summed E-state index contributed by atoms with van der Waals surface area (Å²) in [7, 11) is 3.11. The number of benzene rings is 2. The van der Waals surface area contributed by atoms with E-state index in [0.717, 1.165) is 12.1 Å². The van der Waals surface area contributed by atoms with E-state index in [0.29, 0.717) is 63.3 Å². The number of rotatable bonds is 6. The van der Waals surface area contributed by atoms with Crippen LogP contribution in [0.1, 0.15) is 41.9 Å². The number of ketones is 1. The van der Waals surface area contributed by atoms with Crippen molar-refractivity contribution in [3.63, 3.8) is 0 Å². The Labute approximate surface area is 205 Å². The minimum absolute atomic E-state index is 0.00308. The topological polar surface area (TPSA) is 93.3 Å². The van der Waals surface area contributed by atoms with Gasteiger partial charge >= 0.3 is 0 Å². The maximum atomic E-state index is 14.1. The van der Waals surface area contributed by atoms with Crippen molar-refractivity contribution in [2.75, 3.05) is 19.5 Å². The van der Waals surface area contributed by atoms with Crippen LogP contribution in [0.15, 0.2) is 63.7 Å². The molecule has 0 bridgehead atoms. The van der Waals surface area contributed by atoms with Crippen LogP contribution >= 0.6 is 11.8 Å². The predicted octanol–water partition coefficient (Wildman–Crippen LogP) is 4.78. The summed E-state index contributed by atoms with van der Waals surface area (Å²) in [5.74, 6) is 0.887. The number of carbonyl (C=O) groups is 1. The van der Waals surface area contributed by atoms with E-state index >= 15 is 0 Å². The van der Waals surface area contributed by atoms with Crippen LogP contribution in [-0.2, 0) is 10.5 Å². The smallest absolute Gasteiger partial charge is 0.257 e. The summed E-state index contributed by atoms with van der Waals surface area (Å²) < 4.78 is 25.1. The number of nitrogens with zero attached hydrogens (tertiary/aromatic N) is 1. The highest BCUT2D eigenvalue weighted by atomic mass is 32.2. The van der Waals surface area contributed by atoms with Crippen LogP contribution < -0.4 is 20.3 Å². The number of halogens is 1. The van der Waals surface area contributed by atoms with Crippen molar-refractivity contribution in [3.05, 3.63) is 86.6 Å². The number of aromatic amines is 1. The number of carbonyl (C=O) groups excluding carboxylic acids is 1. The van der Waals surface area contributed by atoms with Gasteiger partial charge < -0.3 is 19.8 Å². The Balaban J connectivity index is 1.62. The Hall–Kier alpha value is -3.59. The molecule has 2 N–H and O–H groups in total. The van der Waals surface area contributed by atoms with Gasteiger partial charge in [-0.05, 0) is 42.7 Å². The molecule has 1 unspecified atom stereocenters. The van der Waals surface area contributed by atoms with Crippen LogP contribution in [0, 0.1) is 5.82 Å². The van der Waals surface area contributed by atoms with Gasteiger partial charge in [0.25, 0.3) is 5.56 Å². The molecule has 2 heterocycles. The summed E-state index contributed by atoms with van der Waals surface area (Å²) in [6, 6.07) is 11.8. The maximum absolute atomic E-state index is 14.1. The van der Waals surface area contributed by atoms with E-state index < -0.39 is 5.92 Å². The first-order valence-electron chi connectivity index (χ1n) is 11.3. The Kier molecular flexibility index (Phi) is 6.34. The Morgan fingerprint density at radius 1 is 1.11 bits per heavy atom. The molecule has 2 aromatic carbocycles. The summed E-state index contributed by atoms with van der Waals surface area (Å²) in [5, 5.41) is 3.62. The van der Waals surface area contributed by atoms with Crippen LogP contribution in [0.2, 0.25) is 0 Å². The number of hydrogen-bond acceptors (Lipinski definition) is 7. The Morgan fingerprint density at radius 3 is 2.71 bits per heavy atom. The van der Waals surface area contributed by atoms with Crippen molar-refractivity contribution in [3.8, 4) is 11.5 Å². The third kappa shape index (κ3) is 4.32. The van der Waals surface area contributed by atoms with Crippen LogP contribution in [0.5, 0.6) is 11.5 Å². The molecule has 1 atom stereocenters. The van der Waals surface area contributed by atoms with E-state index in [-0.39, 0.29) is 17.2 Å². The molecule has 0 saturated heterocycles. The van der Waals surface area contributed by atoms with Crippen molar-refractivity contribution < 1.29 is 18.7 Å². The van der Waals surface area contributed by atoms with Gasteiger partial charge in [-0.25, -0.2) is 9.37 Å². The zero-order valence-corrected chi connectivity index (χ0v) is 20.1. The van der Waals surface area contributed by atoms with Gasteiger partial charge in [-0.2, -0.15) is 0 Å². The molecule has 0 radical (unpaired) electrons. The van der Waals surface area contributed by atoms with Crippen molar-refractivity contribution in [2.24, 2.45) is 0 Å². The summed E-state index contributed by atoms with van der Waals surface area (Å²) in [6.45, 7) is 0. The molecular weight excluding hydrogens is 469 g/mol. The first-order chi connectivity index (χ1) is 17.0. The number of fused-ring (bicyclic) bond motifs is 1. The molecule has 35 heavy (non-hydrogen) atoms. The fourth-order valence-corrected chi connectivity index (χ4v) is 5.49. The van der Waals surface area contributed by atoms with Crippen molar-refractivity contribution >= 4 is 23.4 Å². The molecule has 0 amide bonds. The lowest BCUT2D eigenvalue weighted by Gasteiger charge is -2.33. The number of anilines is 1. The van der Waals surface area contributed by atoms with Crippen LogP contribution in [0.3, 0.4) is 0 Å². The third-order valence-electron chi connectivity index (χ3n) is 6.31. The molecule has 1 aliphatic heterocycles. The molecule has 2 aliphatic rings. The molecule has 5 rings (SSSR count). The van der Waals surface area contributed by atoms with Gasteiger partial charge in [-0.1, -0.05) is 30.0 Å². The molecule has 1 aliphatic carbocycles. The zero-order chi connectivity index (χ0) is 24.5. The van der Waals surface area contributed by atoms with E-state index in [1.54, 1.807) is 50.6 Å². The highest BCUT2D eigenvalue weighted by Crippen LogP contribution is 2.46. The van der Waals surface area contributed by atoms with Crippen molar-refractivity contribution in [2.45, 2.75) is 36.1 Å². The average Bonchev–Trinajstić information content (AvgIpc) is 2.86. The number of nitrogens with one attached hydrogen (secondary N) is 2. The lowest BCUT2D eigenvalue weighted by molar-refractivity contribution is -0.116. The number of aromatic nitrogens is 2. The van der Waals surface area contributed by atoms with Gasteiger partial charge in [0.1, 0.15) is 23.1 Å². The fourth-order valence-electron chi connectivity index (χ4n) is 4.65. The summed E-state index contributed by atoms with van der Waals surface area (Å²) >= 11 is 1.24.